The Kier molecular flexibility index (Phi) is 3.93. The SMILES string of the molecule is CC(=O)[C@@]1(O)[C@H](C)C[C@H]2C3C=C(Cl)C4=CC(=O)CC[C@]4(C)[C@H]3CC[C@@]21C. The van der Waals surface area contributed by atoms with Crippen LogP contribution >= 0.6 is 11.6 Å². The predicted octanol–water partition coefficient (Wildman–Crippen LogP) is 4.43. The van der Waals surface area contributed by atoms with Gasteiger partial charge in [0.05, 0.1) is 0 Å². The van der Waals surface area contributed by atoms with E-state index in [1.807, 2.05) is 6.92 Å². The zero-order valence-electron chi connectivity index (χ0n) is 16.1. The Hall–Kier alpha value is -0.930. The van der Waals surface area contributed by atoms with Gasteiger partial charge in [-0.3, -0.25) is 9.59 Å². The molecule has 4 aliphatic rings. The Morgan fingerprint density at radius 1 is 1.27 bits per heavy atom. The van der Waals surface area contributed by atoms with E-state index in [0.29, 0.717) is 17.4 Å². The quantitative estimate of drug-likeness (QED) is 0.736. The number of hydrogen-bond acceptors (Lipinski definition) is 3. The fourth-order valence-electron chi connectivity index (χ4n) is 7.17. The molecule has 26 heavy (non-hydrogen) atoms. The van der Waals surface area contributed by atoms with Crippen LogP contribution < -0.4 is 0 Å². The molecule has 4 rings (SSSR count). The Bertz CT molecular complexity index is 752. The zero-order valence-corrected chi connectivity index (χ0v) is 16.9. The minimum atomic E-state index is -1.25. The number of carbonyl (C=O) groups excluding carboxylic acids is 2. The molecule has 0 bridgehead atoms. The number of ketones is 2. The highest BCUT2D eigenvalue weighted by Gasteiger charge is 2.67. The third-order valence-electron chi connectivity index (χ3n) is 8.68. The highest BCUT2D eigenvalue weighted by Crippen LogP contribution is 2.68. The summed E-state index contributed by atoms with van der Waals surface area (Å²) in [7, 11) is 0. The molecule has 0 aromatic carbocycles. The average Bonchev–Trinajstić information content (AvgIpc) is 2.78. The summed E-state index contributed by atoms with van der Waals surface area (Å²) in [4.78, 5) is 24.4. The van der Waals surface area contributed by atoms with Gasteiger partial charge in [0.25, 0.3) is 0 Å². The molecular formula is C22H29ClO3. The van der Waals surface area contributed by atoms with Crippen molar-refractivity contribution in [2.45, 2.75) is 65.4 Å². The molecule has 4 aliphatic carbocycles. The number of halogens is 1. The third-order valence-corrected chi connectivity index (χ3v) is 9.01. The van der Waals surface area contributed by atoms with Crippen molar-refractivity contribution < 1.29 is 14.7 Å². The molecule has 1 N–H and O–H groups in total. The largest absolute Gasteiger partial charge is 0.381 e. The van der Waals surface area contributed by atoms with E-state index in [1.165, 1.54) is 6.92 Å². The van der Waals surface area contributed by atoms with Gasteiger partial charge < -0.3 is 5.11 Å². The molecule has 0 saturated heterocycles. The summed E-state index contributed by atoms with van der Waals surface area (Å²) in [5.74, 6) is 0.947. The van der Waals surface area contributed by atoms with Crippen LogP contribution in [0.25, 0.3) is 0 Å². The first-order valence-electron chi connectivity index (χ1n) is 9.92. The van der Waals surface area contributed by atoms with Crippen molar-refractivity contribution in [1.29, 1.82) is 0 Å². The molecule has 0 aliphatic heterocycles. The van der Waals surface area contributed by atoms with E-state index in [2.05, 4.69) is 19.9 Å². The Balaban J connectivity index is 1.82. The number of Topliss-reactive ketones (excluding diaryl/α,β-unsaturated/α-hetero) is 1. The van der Waals surface area contributed by atoms with Gasteiger partial charge in [-0.25, -0.2) is 0 Å². The van der Waals surface area contributed by atoms with Crippen LogP contribution in [0.15, 0.2) is 22.8 Å². The molecule has 0 amide bonds. The lowest BCUT2D eigenvalue weighted by atomic mass is 9.48. The van der Waals surface area contributed by atoms with E-state index >= 15 is 0 Å². The monoisotopic (exact) mass is 376 g/mol. The van der Waals surface area contributed by atoms with Gasteiger partial charge in [-0.05, 0) is 73.3 Å². The van der Waals surface area contributed by atoms with Gasteiger partial charge in [-0.2, -0.15) is 0 Å². The number of hydrogen-bond donors (Lipinski definition) is 1. The van der Waals surface area contributed by atoms with Crippen LogP contribution in [-0.4, -0.2) is 22.3 Å². The van der Waals surface area contributed by atoms with E-state index in [-0.39, 0.29) is 34.7 Å². The van der Waals surface area contributed by atoms with Gasteiger partial charge >= 0.3 is 0 Å². The lowest BCUT2D eigenvalue weighted by molar-refractivity contribution is -0.162. The number of allylic oxidation sites excluding steroid dienone is 4. The van der Waals surface area contributed by atoms with Crippen molar-refractivity contribution >= 4 is 23.2 Å². The maximum atomic E-state index is 12.5. The van der Waals surface area contributed by atoms with E-state index in [0.717, 1.165) is 31.3 Å². The van der Waals surface area contributed by atoms with E-state index in [9.17, 15) is 14.7 Å². The summed E-state index contributed by atoms with van der Waals surface area (Å²) in [6.07, 6.45) is 7.99. The minimum Gasteiger partial charge on any atom is -0.381 e. The maximum absolute atomic E-state index is 12.5. The van der Waals surface area contributed by atoms with Gasteiger partial charge in [0.2, 0.25) is 0 Å². The zero-order chi connectivity index (χ0) is 19.1. The maximum Gasteiger partial charge on any atom is 0.162 e. The van der Waals surface area contributed by atoms with Crippen molar-refractivity contribution in [2.24, 2.45) is 34.5 Å². The molecular weight excluding hydrogens is 348 g/mol. The molecule has 0 spiro atoms. The Labute approximate surface area is 160 Å². The van der Waals surface area contributed by atoms with Gasteiger partial charge in [-0.1, -0.05) is 38.4 Å². The third kappa shape index (κ3) is 2.05. The first kappa shape index (κ1) is 18.4. The molecule has 0 aromatic heterocycles. The minimum absolute atomic E-state index is 0.0430. The average molecular weight is 377 g/mol. The van der Waals surface area contributed by atoms with Gasteiger partial charge in [0.1, 0.15) is 5.60 Å². The van der Waals surface area contributed by atoms with Crippen LogP contribution in [0.1, 0.15) is 59.8 Å². The van der Waals surface area contributed by atoms with E-state index in [4.69, 9.17) is 11.6 Å². The second-order valence-corrected chi connectivity index (χ2v) is 10.1. The summed E-state index contributed by atoms with van der Waals surface area (Å²) in [5, 5.41) is 12.1. The molecule has 3 nitrogen and oxygen atoms in total. The van der Waals surface area contributed by atoms with Crippen LogP contribution in [0, 0.1) is 34.5 Å². The lowest BCUT2D eigenvalue weighted by Crippen LogP contribution is -2.58. The van der Waals surface area contributed by atoms with Crippen molar-refractivity contribution in [3.8, 4) is 0 Å². The second kappa shape index (κ2) is 5.54. The first-order valence-corrected chi connectivity index (χ1v) is 10.3. The summed E-state index contributed by atoms with van der Waals surface area (Å²) in [6.45, 7) is 7.92. The molecule has 4 heteroatoms. The lowest BCUT2D eigenvalue weighted by Gasteiger charge is -2.57. The highest BCUT2D eigenvalue weighted by molar-refractivity contribution is 6.32. The Morgan fingerprint density at radius 3 is 2.62 bits per heavy atom. The number of carbonyl (C=O) groups is 2. The molecule has 2 fully saturated rings. The Morgan fingerprint density at radius 2 is 1.96 bits per heavy atom. The fraction of sp³-hybridized carbons (Fsp3) is 0.727. The van der Waals surface area contributed by atoms with Crippen LogP contribution in [-0.2, 0) is 9.59 Å². The standard InChI is InChI=1S/C22H29ClO3/c1-12-9-17-15-11-19(23)18-10-14(25)5-7-20(18,3)16(15)6-8-21(17,4)22(12,26)13(2)24/h10-12,15-17,26H,5-9H2,1-4H3/t12-,15?,16+,17+,20-,21+,22+/m1/s1. The number of aliphatic hydroxyl groups is 1. The van der Waals surface area contributed by atoms with E-state index < -0.39 is 11.0 Å². The van der Waals surface area contributed by atoms with Gasteiger partial charge in [0, 0.05) is 16.9 Å². The highest BCUT2D eigenvalue weighted by atomic mass is 35.5. The molecule has 142 valence electrons. The summed E-state index contributed by atoms with van der Waals surface area (Å²) in [6, 6.07) is 0. The van der Waals surface area contributed by atoms with Gasteiger partial charge in [-0.15, -0.1) is 0 Å². The van der Waals surface area contributed by atoms with Crippen LogP contribution in [0.2, 0.25) is 0 Å². The van der Waals surface area contributed by atoms with Crippen molar-refractivity contribution in [3.63, 3.8) is 0 Å². The summed E-state index contributed by atoms with van der Waals surface area (Å²) < 4.78 is 0. The normalized spacial score (nSPS) is 50.3. The number of fused-ring (bicyclic) bond motifs is 5. The predicted molar refractivity (Wildman–Crippen MR) is 102 cm³/mol. The molecule has 2 saturated carbocycles. The molecule has 0 radical (unpaired) electrons. The second-order valence-electron chi connectivity index (χ2n) is 9.66. The molecule has 1 unspecified atom stereocenters. The number of rotatable bonds is 1. The fourth-order valence-corrected chi connectivity index (χ4v) is 7.59. The van der Waals surface area contributed by atoms with Crippen molar-refractivity contribution in [2.75, 3.05) is 0 Å². The topological polar surface area (TPSA) is 54.4 Å². The first-order chi connectivity index (χ1) is 12.1. The van der Waals surface area contributed by atoms with Crippen LogP contribution in [0.3, 0.4) is 0 Å². The van der Waals surface area contributed by atoms with Crippen LogP contribution in [0.4, 0.5) is 0 Å². The van der Waals surface area contributed by atoms with Crippen molar-refractivity contribution in [1.82, 2.24) is 0 Å². The molecule has 0 heterocycles. The summed E-state index contributed by atoms with van der Waals surface area (Å²) >= 11 is 6.68. The van der Waals surface area contributed by atoms with Crippen molar-refractivity contribution in [3.05, 3.63) is 22.8 Å². The molecule has 7 atom stereocenters. The van der Waals surface area contributed by atoms with Gasteiger partial charge in [0.15, 0.2) is 11.6 Å². The van der Waals surface area contributed by atoms with Crippen LogP contribution in [0.5, 0.6) is 0 Å². The summed E-state index contributed by atoms with van der Waals surface area (Å²) in [5.41, 5.74) is -0.725. The smallest absolute Gasteiger partial charge is 0.162 e. The van der Waals surface area contributed by atoms with E-state index in [1.54, 1.807) is 6.08 Å². The molecule has 0 aromatic rings.